The number of amides is 1. The van der Waals surface area contributed by atoms with Gasteiger partial charge in [0.25, 0.3) is 0 Å². The van der Waals surface area contributed by atoms with Gasteiger partial charge in [0.1, 0.15) is 0 Å². The fraction of sp³-hybridized carbons (Fsp3) is 0.833. The Morgan fingerprint density at radius 3 is 2.35 bits per heavy atom. The smallest absolute Gasteiger partial charge is 0.303 e. The Morgan fingerprint density at radius 2 is 1.88 bits per heavy atom. The molecule has 1 unspecified atom stereocenters. The lowest BCUT2D eigenvalue weighted by Gasteiger charge is -2.20. The van der Waals surface area contributed by atoms with Gasteiger partial charge in [0.15, 0.2) is 0 Å². The Morgan fingerprint density at radius 1 is 1.24 bits per heavy atom. The second kappa shape index (κ2) is 8.98. The van der Waals surface area contributed by atoms with Crippen molar-refractivity contribution in [2.45, 2.75) is 39.5 Å². The molecular weight excluding hydrogens is 220 g/mol. The number of aliphatic carboxylic acids is 1. The van der Waals surface area contributed by atoms with Gasteiger partial charge in [0.2, 0.25) is 5.91 Å². The van der Waals surface area contributed by atoms with Crippen molar-refractivity contribution in [2.75, 3.05) is 13.1 Å². The number of nitrogens with one attached hydrogen (secondary N) is 1. The molecule has 0 aromatic heterocycles. The fourth-order valence-electron chi connectivity index (χ4n) is 1.74. The number of rotatable bonds is 9. The van der Waals surface area contributed by atoms with Crippen LogP contribution < -0.4 is 11.1 Å². The zero-order valence-electron chi connectivity index (χ0n) is 10.7. The van der Waals surface area contributed by atoms with Crippen LogP contribution in [0.1, 0.15) is 39.5 Å². The Bertz CT molecular complexity index is 242. The maximum Gasteiger partial charge on any atom is 0.303 e. The molecule has 0 bridgehead atoms. The number of carbonyl (C=O) groups excluding carboxylic acids is 1. The highest BCUT2D eigenvalue weighted by atomic mass is 16.4. The first-order valence-corrected chi connectivity index (χ1v) is 6.16. The van der Waals surface area contributed by atoms with Crippen LogP contribution in [0.2, 0.25) is 0 Å². The summed E-state index contributed by atoms with van der Waals surface area (Å²) in [5, 5.41) is 11.4. The van der Waals surface area contributed by atoms with Crippen LogP contribution >= 0.6 is 0 Å². The maximum atomic E-state index is 11.2. The minimum atomic E-state index is -0.761. The number of hydrogen-bond donors (Lipinski definition) is 3. The summed E-state index contributed by atoms with van der Waals surface area (Å²) in [4.78, 5) is 21.7. The minimum Gasteiger partial charge on any atom is -0.481 e. The molecule has 0 rings (SSSR count). The number of hydrogen-bond acceptors (Lipinski definition) is 3. The van der Waals surface area contributed by atoms with Gasteiger partial charge in [0.05, 0.1) is 0 Å². The molecule has 0 aromatic carbocycles. The van der Waals surface area contributed by atoms with Crippen molar-refractivity contribution in [1.29, 1.82) is 0 Å². The van der Waals surface area contributed by atoms with Crippen molar-refractivity contribution < 1.29 is 14.7 Å². The van der Waals surface area contributed by atoms with Gasteiger partial charge in [-0.2, -0.15) is 0 Å². The highest BCUT2D eigenvalue weighted by Gasteiger charge is 2.15. The molecule has 0 radical (unpaired) electrons. The highest BCUT2D eigenvalue weighted by molar-refractivity contribution is 5.75. The topological polar surface area (TPSA) is 92.4 Å². The van der Waals surface area contributed by atoms with Crippen molar-refractivity contribution in [1.82, 2.24) is 5.32 Å². The van der Waals surface area contributed by atoms with Crippen molar-refractivity contribution in [3.05, 3.63) is 0 Å². The Balaban J connectivity index is 3.85. The number of carboxylic acid groups (broad SMARTS) is 1. The first-order valence-electron chi connectivity index (χ1n) is 6.16. The van der Waals surface area contributed by atoms with Gasteiger partial charge in [-0.25, -0.2) is 0 Å². The summed E-state index contributed by atoms with van der Waals surface area (Å²) in [5.41, 5.74) is 5.26. The third-order valence-corrected chi connectivity index (χ3v) is 2.88. The number of carbonyl (C=O) groups is 2. The van der Waals surface area contributed by atoms with E-state index in [1.54, 1.807) is 0 Å². The number of carboxylic acids is 1. The molecule has 0 aromatic rings. The van der Waals surface area contributed by atoms with Crippen molar-refractivity contribution in [3.63, 3.8) is 0 Å². The van der Waals surface area contributed by atoms with E-state index in [4.69, 9.17) is 10.8 Å². The van der Waals surface area contributed by atoms with Crippen molar-refractivity contribution >= 4 is 11.9 Å². The van der Waals surface area contributed by atoms with E-state index in [0.29, 0.717) is 37.8 Å². The van der Waals surface area contributed by atoms with Gasteiger partial charge in [-0.05, 0) is 24.7 Å². The van der Waals surface area contributed by atoms with E-state index in [1.807, 2.05) is 0 Å². The van der Waals surface area contributed by atoms with E-state index in [0.717, 1.165) is 6.42 Å². The van der Waals surface area contributed by atoms with Crippen LogP contribution in [0.4, 0.5) is 0 Å². The first kappa shape index (κ1) is 15.9. The molecule has 0 aliphatic rings. The Hall–Kier alpha value is -1.10. The molecule has 0 aliphatic heterocycles. The van der Waals surface area contributed by atoms with E-state index >= 15 is 0 Å². The SMILES string of the molecule is CC(C)C(CCNC(=O)CCN)CCC(=O)O. The van der Waals surface area contributed by atoms with Crippen LogP contribution in [0.5, 0.6) is 0 Å². The molecule has 0 fully saturated rings. The molecule has 0 spiro atoms. The first-order chi connectivity index (χ1) is 7.97. The predicted octanol–water partition coefficient (Wildman–Crippen LogP) is 0.979. The summed E-state index contributed by atoms with van der Waals surface area (Å²) < 4.78 is 0. The molecular formula is C12H24N2O3. The van der Waals surface area contributed by atoms with E-state index in [-0.39, 0.29) is 12.3 Å². The molecule has 4 N–H and O–H groups in total. The quantitative estimate of drug-likeness (QED) is 0.563. The van der Waals surface area contributed by atoms with Crippen LogP contribution in [0, 0.1) is 11.8 Å². The van der Waals surface area contributed by atoms with Crippen LogP contribution in [0.25, 0.3) is 0 Å². The summed E-state index contributed by atoms with van der Waals surface area (Å²) in [6.45, 7) is 5.11. The summed E-state index contributed by atoms with van der Waals surface area (Å²) in [7, 11) is 0. The summed E-state index contributed by atoms with van der Waals surface area (Å²) in [5.74, 6) is -0.0268. The molecule has 0 saturated heterocycles. The van der Waals surface area contributed by atoms with Gasteiger partial charge in [-0.15, -0.1) is 0 Å². The molecule has 5 heteroatoms. The molecule has 100 valence electrons. The van der Waals surface area contributed by atoms with Gasteiger partial charge < -0.3 is 16.2 Å². The monoisotopic (exact) mass is 244 g/mol. The standard InChI is InChI=1S/C12H24N2O3/c1-9(2)10(3-4-12(16)17)6-8-14-11(15)5-7-13/h9-10H,3-8,13H2,1-2H3,(H,14,15)(H,16,17). The second-order valence-corrected chi connectivity index (χ2v) is 4.61. The van der Waals surface area contributed by atoms with Gasteiger partial charge in [-0.3, -0.25) is 9.59 Å². The van der Waals surface area contributed by atoms with Crippen LogP contribution in [0.3, 0.4) is 0 Å². The normalized spacial score (nSPS) is 12.5. The van der Waals surface area contributed by atoms with E-state index in [9.17, 15) is 9.59 Å². The van der Waals surface area contributed by atoms with Crippen LogP contribution in [-0.4, -0.2) is 30.1 Å². The fourth-order valence-corrected chi connectivity index (χ4v) is 1.74. The number of nitrogens with two attached hydrogens (primary N) is 1. The minimum absolute atomic E-state index is 0.0340. The van der Waals surface area contributed by atoms with E-state index < -0.39 is 5.97 Å². The zero-order valence-corrected chi connectivity index (χ0v) is 10.7. The van der Waals surface area contributed by atoms with Crippen LogP contribution in [0.15, 0.2) is 0 Å². The highest BCUT2D eigenvalue weighted by Crippen LogP contribution is 2.20. The largest absolute Gasteiger partial charge is 0.481 e. The lowest BCUT2D eigenvalue weighted by molar-refractivity contribution is -0.137. The van der Waals surface area contributed by atoms with E-state index in [2.05, 4.69) is 19.2 Å². The van der Waals surface area contributed by atoms with E-state index in [1.165, 1.54) is 0 Å². The average molecular weight is 244 g/mol. The lowest BCUT2D eigenvalue weighted by atomic mass is 9.88. The second-order valence-electron chi connectivity index (χ2n) is 4.61. The Kier molecular flexibility index (Phi) is 8.40. The van der Waals surface area contributed by atoms with Crippen molar-refractivity contribution in [3.8, 4) is 0 Å². The molecule has 17 heavy (non-hydrogen) atoms. The third kappa shape index (κ3) is 8.68. The molecule has 0 aliphatic carbocycles. The lowest BCUT2D eigenvalue weighted by Crippen LogP contribution is -2.28. The van der Waals surface area contributed by atoms with Crippen molar-refractivity contribution in [2.24, 2.45) is 17.6 Å². The summed E-state index contributed by atoms with van der Waals surface area (Å²) >= 11 is 0. The van der Waals surface area contributed by atoms with Gasteiger partial charge in [0, 0.05) is 25.9 Å². The van der Waals surface area contributed by atoms with Crippen LogP contribution in [-0.2, 0) is 9.59 Å². The summed E-state index contributed by atoms with van der Waals surface area (Å²) in [6, 6.07) is 0. The third-order valence-electron chi connectivity index (χ3n) is 2.88. The van der Waals surface area contributed by atoms with Gasteiger partial charge >= 0.3 is 5.97 Å². The molecule has 0 saturated carbocycles. The maximum absolute atomic E-state index is 11.2. The average Bonchev–Trinajstić information content (AvgIpc) is 2.22. The van der Waals surface area contributed by atoms with Gasteiger partial charge in [-0.1, -0.05) is 13.8 Å². The zero-order chi connectivity index (χ0) is 13.3. The predicted molar refractivity (Wildman–Crippen MR) is 66.5 cm³/mol. The molecule has 0 heterocycles. The molecule has 5 nitrogen and oxygen atoms in total. The molecule has 1 amide bonds. The summed E-state index contributed by atoms with van der Waals surface area (Å²) in [6.07, 6.45) is 2.03. The molecule has 1 atom stereocenters. The Labute approximate surface area is 103 Å².